The van der Waals surface area contributed by atoms with E-state index in [2.05, 4.69) is 15.3 Å². The van der Waals surface area contributed by atoms with Crippen LogP contribution in [0.15, 0.2) is 48.7 Å². The number of aromatic nitrogens is 2. The minimum Gasteiger partial charge on any atom is -0.339 e. The molecule has 0 aliphatic heterocycles. The molecule has 0 atom stereocenters. The van der Waals surface area contributed by atoms with Gasteiger partial charge in [-0.05, 0) is 43.3 Å². The number of rotatable bonds is 2. The molecule has 0 radical (unpaired) electrons. The summed E-state index contributed by atoms with van der Waals surface area (Å²) in [6.45, 7) is 1.93. The Morgan fingerprint density at radius 3 is 2.74 bits per heavy atom. The first kappa shape index (κ1) is 11.6. The second kappa shape index (κ2) is 4.65. The number of anilines is 2. The second-order valence-electron chi connectivity index (χ2n) is 4.32. The zero-order valence-corrected chi connectivity index (χ0v) is 10.4. The van der Waals surface area contributed by atoms with Crippen LogP contribution in [-0.4, -0.2) is 9.97 Å². The molecule has 0 aliphatic carbocycles. The third-order valence-corrected chi connectivity index (χ3v) is 2.86. The third kappa shape index (κ3) is 2.38. The molecule has 0 spiro atoms. The van der Waals surface area contributed by atoms with Crippen molar-refractivity contribution in [3.05, 3.63) is 60.2 Å². The van der Waals surface area contributed by atoms with Crippen molar-refractivity contribution in [3.8, 4) is 0 Å². The van der Waals surface area contributed by atoms with E-state index in [4.69, 9.17) is 0 Å². The first-order chi connectivity index (χ1) is 9.22. The van der Waals surface area contributed by atoms with E-state index in [1.165, 1.54) is 6.07 Å². The number of halogens is 1. The minimum absolute atomic E-state index is 0.256. The van der Waals surface area contributed by atoms with Crippen LogP contribution < -0.4 is 5.32 Å². The van der Waals surface area contributed by atoms with E-state index in [-0.39, 0.29) is 5.82 Å². The first-order valence-electron chi connectivity index (χ1n) is 5.97. The van der Waals surface area contributed by atoms with Crippen molar-refractivity contribution in [2.45, 2.75) is 6.92 Å². The fraction of sp³-hybridized carbons (Fsp3) is 0.0667. The van der Waals surface area contributed by atoms with Crippen molar-refractivity contribution in [1.29, 1.82) is 0 Å². The summed E-state index contributed by atoms with van der Waals surface area (Å²) in [5.74, 6) is 0.414. The maximum atomic E-state index is 13.5. The quantitative estimate of drug-likeness (QED) is 0.754. The van der Waals surface area contributed by atoms with Crippen LogP contribution in [0.2, 0.25) is 0 Å². The zero-order chi connectivity index (χ0) is 13.2. The minimum atomic E-state index is -0.256. The first-order valence-corrected chi connectivity index (χ1v) is 5.97. The van der Waals surface area contributed by atoms with Gasteiger partial charge >= 0.3 is 0 Å². The Bertz CT molecular complexity index is 723. The van der Waals surface area contributed by atoms with Gasteiger partial charge in [-0.15, -0.1) is 0 Å². The van der Waals surface area contributed by atoms with E-state index in [1.54, 1.807) is 30.5 Å². The lowest BCUT2D eigenvalue weighted by molar-refractivity contribution is 0.639. The topological polar surface area (TPSA) is 37.8 Å². The number of nitrogens with one attached hydrogen (secondary N) is 1. The van der Waals surface area contributed by atoms with E-state index >= 15 is 0 Å². The monoisotopic (exact) mass is 253 g/mol. The summed E-state index contributed by atoms with van der Waals surface area (Å²) in [6.07, 6.45) is 1.74. The van der Waals surface area contributed by atoms with Crippen LogP contribution in [0.1, 0.15) is 5.69 Å². The molecule has 3 aromatic rings. The fourth-order valence-corrected chi connectivity index (χ4v) is 1.88. The van der Waals surface area contributed by atoms with E-state index in [0.717, 1.165) is 11.4 Å². The van der Waals surface area contributed by atoms with Crippen LogP contribution in [0, 0.1) is 12.7 Å². The summed E-state index contributed by atoms with van der Waals surface area (Å²) in [5.41, 5.74) is 2.44. The number of nitrogens with zero attached hydrogens (tertiary/aromatic N) is 2. The molecule has 3 nitrogen and oxygen atoms in total. The van der Waals surface area contributed by atoms with Gasteiger partial charge in [0.05, 0.1) is 17.4 Å². The van der Waals surface area contributed by atoms with Gasteiger partial charge in [0, 0.05) is 11.1 Å². The molecule has 0 bridgehead atoms. The van der Waals surface area contributed by atoms with Crippen molar-refractivity contribution in [3.63, 3.8) is 0 Å². The van der Waals surface area contributed by atoms with Gasteiger partial charge in [-0.1, -0.05) is 6.07 Å². The van der Waals surface area contributed by atoms with Crippen LogP contribution in [0.3, 0.4) is 0 Å². The molecule has 0 unspecified atom stereocenters. The molecule has 0 fully saturated rings. The predicted molar refractivity (Wildman–Crippen MR) is 74.0 cm³/mol. The molecule has 0 amide bonds. The summed E-state index contributed by atoms with van der Waals surface area (Å²) in [4.78, 5) is 8.58. The molecule has 0 saturated carbocycles. The molecule has 1 N–H and O–H groups in total. The van der Waals surface area contributed by atoms with Crippen LogP contribution in [0.25, 0.3) is 10.9 Å². The Labute approximate surface area is 110 Å². The molecular weight excluding hydrogens is 241 g/mol. The lowest BCUT2D eigenvalue weighted by Gasteiger charge is -2.06. The highest BCUT2D eigenvalue weighted by atomic mass is 19.1. The Balaban J connectivity index is 1.95. The van der Waals surface area contributed by atoms with Crippen LogP contribution >= 0.6 is 0 Å². The Morgan fingerprint density at radius 1 is 1.05 bits per heavy atom. The molecule has 94 valence electrons. The predicted octanol–water partition coefficient (Wildman–Crippen LogP) is 3.82. The van der Waals surface area contributed by atoms with E-state index in [9.17, 15) is 4.39 Å². The largest absolute Gasteiger partial charge is 0.339 e. The number of hydrogen-bond acceptors (Lipinski definition) is 3. The van der Waals surface area contributed by atoms with Gasteiger partial charge in [0.25, 0.3) is 0 Å². The number of fused-ring (bicyclic) bond motifs is 1. The summed E-state index contributed by atoms with van der Waals surface area (Å²) in [7, 11) is 0. The molecule has 0 aliphatic rings. The number of benzene rings is 1. The molecule has 2 heterocycles. The van der Waals surface area contributed by atoms with Gasteiger partial charge in [-0.3, -0.25) is 4.98 Å². The smallest absolute Gasteiger partial charge is 0.132 e. The normalized spacial score (nSPS) is 10.6. The Hall–Kier alpha value is -2.49. The highest BCUT2D eigenvalue weighted by Gasteiger charge is 2.03. The number of pyridine rings is 2. The fourth-order valence-electron chi connectivity index (χ4n) is 1.88. The lowest BCUT2D eigenvalue weighted by Crippen LogP contribution is -1.95. The van der Waals surface area contributed by atoms with Gasteiger partial charge in [0.15, 0.2) is 0 Å². The van der Waals surface area contributed by atoms with Gasteiger partial charge in [0.2, 0.25) is 0 Å². The molecule has 0 saturated heterocycles. The van der Waals surface area contributed by atoms with Gasteiger partial charge in [-0.2, -0.15) is 0 Å². The van der Waals surface area contributed by atoms with Gasteiger partial charge in [0.1, 0.15) is 11.6 Å². The molecule has 1 aromatic carbocycles. The van der Waals surface area contributed by atoms with Crippen molar-refractivity contribution in [1.82, 2.24) is 9.97 Å². The SMILES string of the molecule is Cc1ccc(Nc2ccc3c(F)cccc3n2)cn1. The summed E-state index contributed by atoms with van der Waals surface area (Å²) >= 11 is 0. The average Bonchev–Trinajstić information content (AvgIpc) is 2.42. The molecular formula is C15H12FN3. The van der Waals surface area contributed by atoms with Crippen LogP contribution in [0.4, 0.5) is 15.9 Å². The average molecular weight is 253 g/mol. The highest BCUT2D eigenvalue weighted by Crippen LogP contribution is 2.20. The summed E-state index contributed by atoms with van der Waals surface area (Å²) in [6, 6.07) is 12.2. The molecule has 2 aromatic heterocycles. The molecule has 3 rings (SSSR count). The highest BCUT2D eigenvalue weighted by molar-refractivity contribution is 5.81. The van der Waals surface area contributed by atoms with Crippen molar-refractivity contribution < 1.29 is 4.39 Å². The zero-order valence-electron chi connectivity index (χ0n) is 10.4. The van der Waals surface area contributed by atoms with Gasteiger partial charge < -0.3 is 5.32 Å². The molecule has 4 heteroatoms. The standard InChI is InChI=1S/C15H12FN3/c1-10-5-6-11(9-17-10)18-15-8-7-12-13(16)3-2-4-14(12)19-15/h2-9H,1H3,(H,18,19). The van der Waals surface area contributed by atoms with Crippen LogP contribution in [0.5, 0.6) is 0 Å². The maximum Gasteiger partial charge on any atom is 0.132 e. The van der Waals surface area contributed by atoms with Crippen LogP contribution in [-0.2, 0) is 0 Å². The Kier molecular flexibility index (Phi) is 2.83. The van der Waals surface area contributed by atoms with E-state index < -0.39 is 0 Å². The van der Waals surface area contributed by atoms with Crippen molar-refractivity contribution >= 4 is 22.4 Å². The van der Waals surface area contributed by atoms with Crippen molar-refractivity contribution in [2.75, 3.05) is 5.32 Å². The third-order valence-electron chi connectivity index (χ3n) is 2.86. The Morgan fingerprint density at radius 2 is 1.95 bits per heavy atom. The maximum absolute atomic E-state index is 13.5. The van der Waals surface area contributed by atoms with E-state index in [1.807, 2.05) is 19.1 Å². The number of aryl methyl sites for hydroxylation is 1. The summed E-state index contributed by atoms with van der Waals surface area (Å²) < 4.78 is 13.5. The summed E-state index contributed by atoms with van der Waals surface area (Å²) in [5, 5.41) is 3.67. The molecule has 19 heavy (non-hydrogen) atoms. The van der Waals surface area contributed by atoms with Gasteiger partial charge in [-0.25, -0.2) is 9.37 Å². The van der Waals surface area contributed by atoms with E-state index in [0.29, 0.717) is 16.7 Å². The number of hydrogen-bond donors (Lipinski definition) is 1. The lowest BCUT2D eigenvalue weighted by atomic mass is 10.2. The van der Waals surface area contributed by atoms with Crippen molar-refractivity contribution in [2.24, 2.45) is 0 Å². The second-order valence-corrected chi connectivity index (χ2v) is 4.32.